The average molecular weight is 223 g/mol. The zero-order chi connectivity index (χ0) is 10.3. The highest BCUT2D eigenvalue weighted by Gasteiger charge is 1.90. The van der Waals surface area contributed by atoms with Crippen molar-refractivity contribution in [3.63, 3.8) is 0 Å². The molecule has 0 aliphatic rings. The second kappa shape index (κ2) is 8.43. The number of aromatic nitrogens is 4. The van der Waals surface area contributed by atoms with Crippen LogP contribution >= 0.6 is 11.6 Å². The van der Waals surface area contributed by atoms with E-state index in [0.29, 0.717) is 13.0 Å². The molecule has 1 rings (SSSR count). The fourth-order valence-corrected chi connectivity index (χ4v) is 0.424. The summed E-state index contributed by atoms with van der Waals surface area (Å²) in [6.45, 7) is 4.11. The topological polar surface area (TPSA) is 80.6 Å². The first kappa shape index (κ1) is 15.3. The summed E-state index contributed by atoms with van der Waals surface area (Å²) in [6, 6.07) is 0. The van der Waals surface area contributed by atoms with Gasteiger partial charge in [0.2, 0.25) is 5.24 Å². The van der Waals surface area contributed by atoms with Crippen LogP contribution in [-0.4, -0.2) is 25.4 Å². The first-order valence-corrected chi connectivity index (χ1v) is 4.16. The molecule has 0 aromatic carbocycles. The number of nitrogens with zero attached hydrogens (tertiary/aromatic N) is 3. The van der Waals surface area contributed by atoms with Crippen LogP contribution in [0.25, 0.3) is 0 Å². The Morgan fingerprint density at radius 3 is 2.21 bits per heavy atom. The van der Waals surface area contributed by atoms with E-state index in [-0.39, 0.29) is 18.4 Å². The van der Waals surface area contributed by atoms with Gasteiger partial charge >= 0.3 is 5.69 Å². The van der Waals surface area contributed by atoms with Crippen LogP contribution in [-0.2, 0) is 11.3 Å². The van der Waals surface area contributed by atoms with Gasteiger partial charge in [-0.2, -0.15) is 4.68 Å². The van der Waals surface area contributed by atoms with Crippen molar-refractivity contribution in [2.75, 3.05) is 0 Å². The third kappa shape index (κ3) is 6.36. The van der Waals surface area contributed by atoms with Crippen LogP contribution in [0.3, 0.4) is 0 Å². The van der Waals surface area contributed by atoms with Gasteiger partial charge in [0.1, 0.15) is 0 Å². The lowest BCUT2D eigenvalue weighted by Crippen LogP contribution is -2.16. The molecule has 0 bridgehead atoms. The second-order valence-corrected chi connectivity index (χ2v) is 2.45. The summed E-state index contributed by atoms with van der Waals surface area (Å²) in [6.07, 6.45) is 0.432. The molecule has 0 radical (unpaired) electrons. The third-order valence-electron chi connectivity index (χ3n) is 1.11. The molecule has 1 aromatic heterocycles. The number of nitrogens with one attached hydrogen (secondary N) is 1. The van der Waals surface area contributed by atoms with Gasteiger partial charge in [-0.1, -0.05) is 14.4 Å². The van der Waals surface area contributed by atoms with Crippen molar-refractivity contribution in [1.82, 2.24) is 20.2 Å². The number of hydrogen-bond acceptors (Lipinski definition) is 4. The molecule has 0 saturated carbocycles. The number of H-pyrrole nitrogens is 1. The van der Waals surface area contributed by atoms with E-state index in [0.717, 1.165) is 0 Å². The van der Waals surface area contributed by atoms with Gasteiger partial charge < -0.3 is 0 Å². The lowest BCUT2D eigenvalue weighted by Gasteiger charge is -1.82. The Balaban J connectivity index is 0. The number of tetrazole rings is 1. The van der Waals surface area contributed by atoms with Crippen LogP contribution < -0.4 is 5.69 Å². The lowest BCUT2D eigenvalue weighted by atomic mass is 10.6. The minimum Gasteiger partial charge on any atom is -0.281 e. The molecule has 6 nitrogen and oxygen atoms in total. The van der Waals surface area contributed by atoms with Gasteiger partial charge in [0.25, 0.3) is 0 Å². The molecule has 1 aromatic rings. The normalized spacial score (nSPS) is 8.21. The van der Waals surface area contributed by atoms with E-state index >= 15 is 0 Å². The quantitative estimate of drug-likeness (QED) is 0.750. The molecule has 0 fully saturated rings. The Hall–Kier alpha value is -1.17. The Morgan fingerprint density at radius 1 is 1.57 bits per heavy atom. The van der Waals surface area contributed by atoms with Crippen LogP contribution in [0.4, 0.5) is 0 Å². The van der Waals surface area contributed by atoms with Gasteiger partial charge in [-0.05, 0) is 29.0 Å². The zero-order valence-corrected chi connectivity index (χ0v) is 8.21. The number of aromatic amines is 1. The van der Waals surface area contributed by atoms with Crippen molar-refractivity contribution >= 4 is 16.8 Å². The van der Waals surface area contributed by atoms with Gasteiger partial charge in [-0.25, -0.2) is 9.89 Å². The van der Waals surface area contributed by atoms with E-state index in [1.807, 2.05) is 6.92 Å². The molecular formula is C7H15ClN4O2. The molecule has 1 heterocycles. The number of carbonyl (C=O) groups excluding carboxylic acids is 1. The van der Waals surface area contributed by atoms with Crippen molar-refractivity contribution < 1.29 is 4.79 Å². The zero-order valence-electron chi connectivity index (χ0n) is 7.45. The monoisotopic (exact) mass is 222 g/mol. The van der Waals surface area contributed by atoms with Crippen molar-refractivity contribution in [2.24, 2.45) is 0 Å². The molecule has 0 saturated heterocycles. The Bertz CT molecular complexity index is 307. The van der Waals surface area contributed by atoms with Gasteiger partial charge in [0, 0.05) is 13.0 Å². The van der Waals surface area contributed by atoms with Gasteiger partial charge in [0.05, 0.1) is 0 Å². The Labute approximate surface area is 87.2 Å². The summed E-state index contributed by atoms with van der Waals surface area (Å²) in [5.74, 6) is 0. The van der Waals surface area contributed by atoms with Gasteiger partial charge in [-0.15, -0.1) is 0 Å². The maximum absolute atomic E-state index is 10.4. The summed E-state index contributed by atoms with van der Waals surface area (Å²) in [7, 11) is 0. The summed E-state index contributed by atoms with van der Waals surface area (Å²) < 4.78 is 1.24. The Morgan fingerprint density at radius 2 is 2.07 bits per heavy atom. The third-order valence-corrected chi connectivity index (χ3v) is 1.38. The van der Waals surface area contributed by atoms with E-state index in [9.17, 15) is 9.59 Å². The van der Waals surface area contributed by atoms with E-state index in [1.54, 1.807) is 6.92 Å². The van der Waals surface area contributed by atoms with Crippen LogP contribution in [0.1, 0.15) is 27.7 Å². The molecule has 0 spiro atoms. The Kier molecular flexibility index (Phi) is 9.22. The molecule has 0 unspecified atom stereocenters. The molecule has 14 heavy (non-hydrogen) atoms. The number of halogens is 1. The molecule has 0 amide bonds. The second-order valence-electron chi connectivity index (χ2n) is 2.03. The largest absolute Gasteiger partial charge is 0.361 e. The standard InChI is InChI=1S/C3H5ClO.C3H6N4O.CH4/c1-2-3(4)5;1-2-7-3(8)4-5-6-7;/h2H2,1H3;2H2,1H3,(H,4,6,8);1H4. The van der Waals surface area contributed by atoms with E-state index in [2.05, 4.69) is 15.5 Å². The fourth-order valence-electron chi connectivity index (χ4n) is 0.424. The summed E-state index contributed by atoms with van der Waals surface area (Å²) in [4.78, 5) is 20.0. The van der Waals surface area contributed by atoms with Crippen LogP contribution in [0.15, 0.2) is 4.79 Å². The molecule has 0 atom stereocenters. The maximum Gasteiger partial charge on any atom is 0.361 e. The van der Waals surface area contributed by atoms with Crippen molar-refractivity contribution in [2.45, 2.75) is 34.2 Å². The van der Waals surface area contributed by atoms with Crippen LogP contribution in [0.5, 0.6) is 0 Å². The fraction of sp³-hybridized carbons (Fsp3) is 0.714. The highest BCUT2D eigenvalue weighted by atomic mass is 35.5. The average Bonchev–Trinajstić information content (AvgIpc) is 2.52. The predicted octanol–water partition coefficient (Wildman–Crippen LogP) is 0.784. The van der Waals surface area contributed by atoms with E-state index in [1.165, 1.54) is 4.68 Å². The number of aryl methyl sites for hydroxylation is 1. The van der Waals surface area contributed by atoms with E-state index < -0.39 is 0 Å². The molecule has 7 heteroatoms. The smallest absolute Gasteiger partial charge is 0.281 e. The highest BCUT2D eigenvalue weighted by Crippen LogP contribution is 1.81. The van der Waals surface area contributed by atoms with Crippen molar-refractivity contribution in [3.05, 3.63) is 10.5 Å². The minimum atomic E-state index is -0.273. The van der Waals surface area contributed by atoms with Crippen LogP contribution in [0, 0.1) is 0 Å². The van der Waals surface area contributed by atoms with Gasteiger partial charge in [-0.3, -0.25) is 4.79 Å². The first-order valence-electron chi connectivity index (χ1n) is 3.78. The van der Waals surface area contributed by atoms with Crippen molar-refractivity contribution in [1.29, 1.82) is 0 Å². The summed E-state index contributed by atoms with van der Waals surface area (Å²) in [5.41, 5.74) is -0.257. The molecule has 82 valence electrons. The molecule has 0 aliphatic heterocycles. The summed E-state index contributed by atoms with van der Waals surface area (Å²) >= 11 is 4.82. The maximum atomic E-state index is 10.4. The van der Waals surface area contributed by atoms with Crippen molar-refractivity contribution in [3.8, 4) is 0 Å². The van der Waals surface area contributed by atoms with E-state index in [4.69, 9.17) is 11.6 Å². The first-order chi connectivity index (χ1) is 6.11. The predicted molar refractivity (Wildman–Crippen MR) is 54.2 cm³/mol. The minimum absolute atomic E-state index is 0. The number of hydrogen-bond donors (Lipinski definition) is 1. The van der Waals surface area contributed by atoms with Gasteiger partial charge in [0.15, 0.2) is 0 Å². The number of carbonyl (C=O) groups is 1. The number of rotatable bonds is 2. The SMILES string of the molecule is C.CCC(=O)Cl.CCn1nn[nH]c1=O. The summed E-state index contributed by atoms with van der Waals surface area (Å²) in [5, 5.41) is 8.59. The molecular weight excluding hydrogens is 208 g/mol. The lowest BCUT2D eigenvalue weighted by molar-refractivity contribution is -0.111. The highest BCUT2D eigenvalue weighted by molar-refractivity contribution is 6.63. The molecule has 0 aliphatic carbocycles. The van der Waals surface area contributed by atoms with Crippen LogP contribution in [0.2, 0.25) is 0 Å². The molecule has 1 N–H and O–H groups in total.